The average Bonchev–Trinajstić information content (AvgIpc) is 2.75. The molecule has 1 N–H and O–H groups in total. The fourth-order valence-corrected chi connectivity index (χ4v) is 1.77. The van der Waals surface area contributed by atoms with Crippen LogP contribution in [0, 0.1) is 0 Å². The number of nitrogens with one attached hydrogen (secondary N) is 1. The summed E-state index contributed by atoms with van der Waals surface area (Å²) in [6.07, 6.45) is -4.76. The summed E-state index contributed by atoms with van der Waals surface area (Å²) in [4.78, 5) is 14.7. The molecule has 0 atom stereocenters. The van der Waals surface area contributed by atoms with Gasteiger partial charge in [0.1, 0.15) is 0 Å². The van der Waals surface area contributed by atoms with Gasteiger partial charge < -0.3 is 4.52 Å². The molecule has 2 rings (SSSR count). The van der Waals surface area contributed by atoms with Crippen LogP contribution in [0.3, 0.4) is 0 Å². The van der Waals surface area contributed by atoms with Crippen molar-refractivity contribution < 1.29 is 22.5 Å². The molecule has 0 aliphatic carbocycles. The van der Waals surface area contributed by atoms with Crippen molar-refractivity contribution in [1.29, 1.82) is 0 Å². The highest BCUT2D eigenvalue weighted by Gasteiger charge is 2.37. The van der Waals surface area contributed by atoms with E-state index in [2.05, 4.69) is 14.7 Å². The minimum absolute atomic E-state index is 0.0364. The van der Waals surface area contributed by atoms with Crippen molar-refractivity contribution in [2.45, 2.75) is 6.18 Å². The molecule has 20 heavy (non-hydrogen) atoms. The molecule has 0 aliphatic rings. The standard InChI is InChI=1S/C10H4Cl2F3N3O2/c11-5-1-4(2-6(12)3-5)7(19)16-9-17-8(18-20-9)10(13,14)15/h1-3H,(H,16,17,18,19). The molecule has 0 saturated heterocycles. The molecule has 5 nitrogen and oxygen atoms in total. The number of alkyl halides is 3. The van der Waals surface area contributed by atoms with Crippen LogP contribution in [0.1, 0.15) is 16.2 Å². The van der Waals surface area contributed by atoms with Gasteiger partial charge in [0.15, 0.2) is 0 Å². The van der Waals surface area contributed by atoms with Crippen molar-refractivity contribution in [3.05, 3.63) is 39.6 Å². The van der Waals surface area contributed by atoms with E-state index < -0.39 is 23.9 Å². The summed E-state index contributed by atoms with van der Waals surface area (Å²) >= 11 is 11.4. The SMILES string of the molecule is O=C(Nc1nc(C(F)(F)F)no1)c1cc(Cl)cc(Cl)c1. The van der Waals surface area contributed by atoms with Crippen molar-refractivity contribution in [1.82, 2.24) is 10.1 Å². The maximum atomic E-state index is 12.2. The zero-order valence-electron chi connectivity index (χ0n) is 9.33. The van der Waals surface area contributed by atoms with Crippen LogP contribution < -0.4 is 5.32 Å². The molecule has 1 heterocycles. The second kappa shape index (κ2) is 5.29. The molecule has 0 saturated carbocycles. The highest BCUT2D eigenvalue weighted by Crippen LogP contribution is 2.27. The second-order valence-electron chi connectivity index (χ2n) is 3.53. The van der Waals surface area contributed by atoms with Crippen molar-refractivity contribution in [3.8, 4) is 0 Å². The van der Waals surface area contributed by atoms with Crippen LogP contribution in [-0.2, 0) is 6.18 Å². The van der Waals surface area contributed by atoms with Gasteiger partial charge in [-0.25, -0.2) is 0 Å². The number of hydrogen-bond donors (Lipinski definition) is 1. The monoisotopic (exact) mass is 325 g/mol. The van der Waals surface area contributed by atoms with E-state index >= 15 is 0 Å². The van der Waals surface area contributed by atoms with E-state index in [4.69, 9.17) is 23.2 Å². The van der Waals surface area contributed by atoms with Gasteiger partial charge in [0, 0.05) is 15.6 Å². The lowest BCUT2D eigenvalue weighted by atomic mass is 10.2. The van der Waals surface area contributed by atoms with Crippen LogP contribution in [0.4, 0.5) is 19.2 Å². The zero-order valence-corrected chi connectivity index (χ0v) is 10.8. The van der Waals surface area contributed by atoms with Crippen molar-refractivity contribution >= 4 is 35.1 Å². The number of hydrogen-bond acceptors (Lipinski definition) is 4. The Morgan fingerprint density at radius 3 is 2.30 bits per heavy atom. The Bertz CT molecular complexity index is 637. The van der Waals surface area contributed by atoms with Crippen LogP contribution in [-0.4, -0.2) is 16.0 Å². The predicted octanol–water partition coefficient (Wildman–Crippen LogP) is 3.65. The molecule has 106 valence electrons. The van der Waals surface area contributed by atoms with Gasteiger partial charge in [-0.1, -0.05) is 23.2 Å². The summed E-state index contributed by atoms with van der Waals surface area (Å²) in [7, 11) is 0. The third kappa shape index (κ3) is 3.40. The molecular formula is C10H4Cl2F3N3O2. The quantitative estimate of drug-likeness (QED) is 0.915. The van der Waals surface area contributed by atoms with E-state index in [0.29, 0.717) is 0 Å². The smallest absolute Gasteiger partial charge is 0.315 e. The lowest BCUT2D eigenvalue weighted by Crippen LogP contribution is -2.13. The topological polar surface area (TPSA) is 68.0 Å². The summed E-state index contributed by atoms with van der Waals surface area (Å²) in [5.74, 6) is -2.27. The minimum atomic E-state index is -4.76. The normalized spacial score (nSPS) is 11.4. The first-order valence-corrected chi connectivity index (χ1v) is 5.69. The molecule has 0 spiro atoms. The van der Waals surface area contributed by atoms with E-state index in [1.807, 2.05) is 5.32 Å². The molecule has 0 unspecified atom stereocenters. The number of anilines is 1. The largest absolute Gasteiger partial charge is 0.455 e. The van der Waals surface area contributed by atoms with Crippen LogP contribution >= 0.6 is 23.2 Å². The number of carbonyl (C=O) groups is 1. The number of amides is 1. The summed E-state index contributed by atoms with van der Waals surface area (Å²) in [6, 6.07) is 3.28. The van der Waals surface area contributed by atoms with Crippen LogP contribution in [0.5, 0.6) is 0 Å². The third-order valence-electron chi connectivity index (χ3n) is 2.02. The average molecular weight is 326 g/mol. The highest BCUT2D eigenvalue weighted by atomic mass is 35.5. The van der Waals surface area contributed by atoms with Gasteiger partial charge in [-0.05, 0) is 23.4 Å². The molecule has 0 radical (unpaired) electrons. The van der Waals surface area contributed by atoms with E-state index in [1.165, 1.54) is 18.2 Å². The molecule has 1 amide bonds. The van der Waals surface area contributed by atoms with Crippen LogP contribution in [0.15, 0.2) is 22.7 Å². The van der Waals surface area contributed by atoms with Gasteiger partial charge >= 0.3 is 12.2 Å². The lowest BCUT2D eigenvalue weighted by molar-refractivity contribution is -0.146. The van der Waals surface area contributed by atoms with Crippen LogP contribution in [0.25, 0.3) is 0 Å². The molecular weight excluding hydrogens is 322 g/mol. The minimum Gasteiger partial charge on any atom is -0.315 e. The van der Waals surface area contributed by atoms with Crippen molar-refractivity contribution in [2.75, 3.05) is 5.32 Å². The number of nitrogens with zero attached hydrogens (tertiary/aromatic N) is 2. The first-order chi connectivity index (χ1) is 9.25. The summed E-state index contributed by atoms with van der Waals surface area (Å²) in [5, 5.41) is 5.10. The second-order valence-corrected chi connectivity index (χ2v) is 4.41. The number of rotatable bonds is 2. The Labute approximate surface area is 119 Å². The first kappa shape index (κ1) is 14.6. The van der Waals surface area contributed by atoms with Gasteiger partial charge in [-0.15, -0.1) is 0 Å². The van der Waals surface area contributed by atoms with Gasteiger partial charge in [-0.3, -0.25) is 10.1 Å². The molecule has 1 aromatic heterocycles. The lowest BCUT2D eigenvalue weighted by Gasteiger charge is -2.02. The van der Waals surface area contributed by atoms with E-state index in [1.54, 1.807) is 0 Å². The van der Waals surface area contributed by atoms with Gasteiger partial charge in [0.2, 0.25) is 0 Å². The molecule has 2 aromatic rings. The molecule has 0 fully saturated rings. The van der Waals surface area contributed by atoms with E-state index in [9.17, 15) is 18.0 Å². The Kier molecular flexibility index (Phi) is 3.87. The maximum absolute atomic E-state index is 12.2. The third-order valence-corrected chi connectivity index (χ3v) is 2.46. The number of aromatic nitrogens is 2. The van der Waals surface area contributed by atoms with Crippen molar-refractivity contribution in [2.24, 2.45) is 0 Å². The van der Waals surface area contributed by atoms with Gasteiger partial charge in [-0.2, -0.15) is 18.2 Å². The fraction of sp³-hybridized carbons (Fsp3) is 0.100. The number of benzene rings is 1. The summed E-state index contributed by atoms with van der Waals surface area (Å²) < 4.78 is 41.0. The van der Waals surface area contributed by atoms with Gasteiger partial charge in [0.25, 0.3) is 11.7 Å². The summed E-state index contributed by atoms with van der Waals surface area (Å²) in [6.45, 7) is 0. The summed E-state index contributed by atoms with van der Waals surface area (Å²) in [5.41, 5.74) is 0.0364. The van der Waals surface area contributed by atoms with Crippen molar-refractivity contribution in [3.63, 3.8) is 0 Å². The molecule has 0 bridgehead atoms. The Balaban J connectivity index is 2.17. The molecule has 10 heteroatoms. The Hall–Kier alpha value is -1.80. The van der Waals surface area contributed by atoms with E-state index in [-0.39, 0.29) is 15.6 Å². The first-order valence-electron chi connectivity index (χ1n) is 4.94. The highest BCUT2D eigenvalue weighted by molar-refractivity contribution is 6.35. The Morgan fingerprint density at radius 1 is 1.20 bits per heavy atom. The molecule has 0 aliphatic heterocycles. The zero-order chi connectivity index (χ0) is 14.9. The fourth-order valence-electron chi connectivity index (χ4n) is 1.24. The predicted molar refractivity (Wildman–Crippen MR) is 63.7 cm³/mol. The maximum Gasteiger partial charge on any atom is 0.455 e. The van der Waals surface area contributed by atoms with Gasteiger partial charge in [0.05, 0.1) is 0 Å². The molecule has 1 aromatic carbocycles. The van der Waals surface area contributed by atoms with E-state index in [0.717, 1.165) is 0 Å². The van der Waals surface area contributed by atoms with Crippen LogP contribution in [0.2, 0.25) is 10.0 Å². The number of halogens is 5. The number of carbonyl (C=O) groups excluding carboxylic acids is 1. The Morgan fingerprint density at radius 2 is 1.80 bits per heavy atom.